The van der Waals surface area contributed by atoms with Gasteiger partial charge in [-0.05, 0) is 69.8 Å². The van der Waals surface area contributed by atoms with Gasteiger partial charge in [0.2, 0.25) is 0 Å². The molecule has 0 aromatic rings. The van der Waals surface area contributed by atoms with Crippen molar-refractivity contribution in [2.45, 2.75) is 80.1 Å². The topological polar surface area (TPSA) is 12.4 Å². The largest absolute Gasteiger partial charge is 0.289 e. The molecule has 0 saturated heterocycles. The minimum atomic E-state index is 0.722. The van der Waals surface area contributed by atoms with E-state index >= 15 is 0 Å². The number of allylic oxidation sites excluding steroid dienone is 2. The Balaban J connectivity index is 2.98. The molecule has 0 aromatic heterocycles. The molecule has 0 heterocycles. The summed E-state index contributed by atoms with van der Waals surface area (Å²) in [4.78, 5) is 5.15. The predicted octanol–water partition coefficient (Wildman–Crippen LogP) is 6.60. The Bertz CT molecular complexity index is 410. The highest BCUT2D eigenvalue weighted by molar-refractivity contribution is 5.90. The van der Waals surface area contributed by atoms with Crippen molar-refractivity contribution in [1.82, 2.24) is 0 Å². The van der Waals surface area contributed by atoms with Crippen molar-refractivity contribution in [1.29, 1.82) is 0 Å². The molecule has 1 nitrogen and oxygen atoms in total. The number of hydrogen-bond donors (Lipinski definition) is 0. The van der Waals surface area contributed by atoms with Crippen molar-refractivity contribution in [2.75, 3.05) is 6.54 Å². The minimum Gasteiger partial charge on any atom is -0.289 e. The first-order valence-electron chi connectivity index (χ1n) is 9.40. The van der Waals surface area contributed by atoms with E-state index < -0.39 is 0 Å². The summed E-state index contributed by atoms with van der Waals surface area (Å²) in [5.74, 6) is 2.37. The molecule has 1 rings (SSSR count). The third-order valence-corrected chi connectivity index (χ3v) is 5.22. The fourth-order valence-electron chi connectivity index (χ4n) is 3.81. The van der Waals surface area contributed by atoms with Crippen molar-refractivity contribution in [3.63, 3.8) is 0 Å². The van der Waals surface area contributed by atoms with E-state index in [9.17, 15) is 0 Å². The highest BCUT2D eigenvalue weighted by Crippen LogP contribution is 2.37. The van der Waals surface area contributed by atoms with Crippen LogP contribution in [0, 0.1) is 17.8 Å². The molecule has 3 unspecified atom stereocenters. The van der Waals surface area contributed by atoms with Crippen molar-refractivity contribution < 1.29 is 0 Å². The number of nitrogens with zero attached hydrogens (tertiary/aromatic N) is 1. The maximum absolute atomic E-state index is 5.15. The molecule has 1 aliphatic carbocycles. The van der Waals surface area contributed by atoms with Crippen LogP contribution in [0.5, 0.6) is 0 Å². The zero-order valence-electron chi connectivity index (χ0n) is 15.8. The molecule has 0 bridgehead atoms. The van der Waals surface area contributed by atoms with Crippen molar-refractivity contribution >= 4 is 5.71 Å². The molecule has 1 aliphatic rings. The lowest BCUT2D eigenvalue weighted by atomic mass is 9.70. The SMILES string of the molecule is CC=CC(CN=C1C(CC)CC(CC)CC1CCC)=C(C)C. The molecule has 0 spiro atoms. The summed E-state index contributed by atoms with van der Waals surface area (Å²) in [6.07, 6.45) is 12.3. The van der Waals surface area contributed by atoms with Gasteiger partial charge in [0.05, 0.1) is 6.54 Å². The van der Waals surface area contributed by atoms with Crippen LogP contribution in [-0.4, -0.2) is 12.3 Å². The van der Waals surface area contributed by atoms with Crippen LogP contribution < -0.4 is 0 Å². The van der Waals surface area contributed by atoms with E-state index in [1.807, 2.05) is 0 Å². The predicted molar refractivity (Wildman–Crippen MR) is 101 cm³/mol. The van der Waals surface area contributed by atoms with Gasteiger partial charge in [-0.1, -0.05) is 51.3 Å². The normalized spacial score (nSPS) is 27.5. The molecule has 0 amide bonds. The zero-order valence-corrected chi connectivity index (χ0v) is 15.8. The lowest BCUT2D eigenvalue weighted by Crippen LogP contribution is -2.33. The first-order valence-corrected chi connectivity index (χ1v) is 9.40. The summed E-state index contributed by atoms with van der Waals surface area (Å²) in [5.41, 5.74) is 4.32. The van der Waals surface area contributed by atoms with Crippen LogP contribution in [0.3, 0.4) is 0 Å². The summed E-state index contributed by atoms with van der Waals surface area (Å²) in [5, 5.41) is 0. The summed E-state index contributed by atoms with van der Waals surface area (Å²) >= 11 is 0. The van der Waals surface area contributed by atoms with Gasteiger partial charge >= 0.3 is 0 Å². The Morgan fingerprint density at radius 1 is 1.09 bits per heavy atom. The van der Waals surface area contributed by atoms with E-state index in [1.54, 1.807) is 0 Å². The van der Waals surface area contributed by atoms with Gasteiger partial charge in [-0.25, -0.2) is 0 Å². The summed E-state index contributed by atoms with van der Waals surface area (Å²) < 4.78 is 0. The number of rotatable bonds is 7. The van der Waals surface area contributed by atoms with Crippen LogP contribution in [-0.2, 0) is 0 Å². The third kappa shape index (κ3) is 5.41. The van der Waals surface area contributed by atoms with Crippen LogP contribution >= 0.6 is 0 Å². The molecular formula is C21H37N. The second-order valence-corrected chi connectivity index (χ2v) is 7.10. The molecule has 0 aliphatic heterocycles. The fraction of sp³-hybridized carbons (Fsp3) is 0.762. The van der Waals surface area contributed by atoms with Gasteiger partial charge in [0.15, 0.2) is 0 Å². The second-order valence-electron chi connectivity index (χ2n) is 7.10. The smallest absolute Gasteiger partial charge is 0.0638 e. The van der Waals surface area contributed by atoms with E-state index in [0.717, 1.165) is 24.3 Å². The highest BCUT2D eigenvalue weighted by Gasteiger charge is 2.32. The van der Waals surface area contributed by atoms with Crippen LogP contribution in [0.1, 0.15) is 80.1 Å². The average Bonchev–Trinajstić information content (AvgIpc) is 2.51. The number of aliphatic imine (C=N–C) groups is 1. The van der Waals surface area contributed by atoms with Crippen molar-refractivity contribution in [3.8, 4) is 0 Å². The molecule has 1 fully saturated rings. The van der Waals surface area contributed by atoms with Crippen molar-refractivity contribution in [3.05, 3.63) is 23.3 Å². The van der Waals surface area contributed by atoms with E-state index in [2.05, 4.69) is 53.7 Å². The molecule has 0 N–H and O–H groups in total. The van der Waals surface area contributed by atoms with Gasteiger partial charge in [-0.15, -0.1) is 0 Å². The Labute approximate surface area is 139 Å². The van der Waals surface area contributed by atoms with Crippen LogP contribution in [0.2, 0.25) is 0 Å². The monoisotopic (exact) mass is 303 g/mol. The Hall–Kier alpha value is -0.850. The zero-order chi connectivity index (χ0) is 16.5. The summed E-state index contributed by atoms with van der Waals surface area (Å²) in [7, 11) is 0. The standard InChI is InChI=1S/C21H37N/c1-7-11-19-14-17(9-3)13-18(10-4)21(19)22-15-20(12-8-2)16(5)6/h8,12,17-19H,7,9-11,13-15H2,1-6H3. The van der Waals surface area contributed by atoms with Gasteiger partial charge < -0.3 is 0 Å². The molecule has 22 heavy (non-hydrogen) atoms. The van der Waals surface area contributed by atoms with Gasteiger partial charge in [-0.3, -0.25) is 4.99 Å². The molecule has 3 atom stereocenters. The highest BCUT2D eigenvalue weighted by atomic mass is 14.8. The lowest BCUT2D eigenvalue weighted by molar-refractivity contribution is 0.302. The van der Waals surface area contributed by atoms with Gasteiger partial charge in [0.1, 0.15) is 0 Å². The average molecular weight is 304 g/mol. The first-order chi connectivity index (χ1) is 10.6. The van der Waals surface area contributed by atoms with Crippen LogP contribution in [0.25, 0.3) is 0 Å². The minimum absolute atomic E-state index is 0.722. The second kappa shape index (κ2) is 10.0. The van der Waals surface area contributed by atoms with Crippen LogP contribution in [0.15, 0.2) is 28.3 Å². The Morgan fingerprint density at radius 3 is 2.27 bits per heavy atom. The first kappa shape index (κ1) is 19.2. The van der Waals surface area contributed by atoms with E-state index in [1.165, 1.54) is 55.4 Å². The lowest BCUT2D eigenvalue weighted by Gasteiger charge is -2.36. The quantitative estimate of drug-likeness (QED) is 0.470. The van der Waals surface area contributed by atoms with Gasteiger partial charge in [0.25, 0.3) is 0 Å². The van der Waals surface area contributed by atoms with Gasteiger partial charge in [-0.2, -0.15) is 0 Å². The number of hydrogen-bond acceptors (Lipinski definition) is 1. The maximum Gasteiger partial charge on any atom is 0.0638 e. The van der Waals surface area contributed by atoms with Gasteiger partial charge in [0, 0.05) is 5.71 Å². The van der Waals surface area contributed by atoms with Crippen molar-refractivity contribution in [2.24, 2.45) is 22.7 Å². The molecule has 0 aromatic carbocycles. The van der Waals surface area contributed by atoms with E-state index in [0.29, 0.717) is 0 Å². The van der Waals surface area contributed by atoms with Crippen LogP contribution in [0.4, 0.5) is 0 Å². The van der Waals surface area contributed by atoms with E-state index in [-0.39, 0.29) is 0 Å². The molecule has 1 saturated carbocycles. The summed E-state index contributed by atoms with van der Waals surface area (Å²) in [6, 6.07) is 0. The molecule has 1 heteroatoms. The molecule has 126 valence electrons. The maximum atomic E-state index is 5.15. The van der Waals surface area contributed by atoms with E-state index in [4.69, 9.17) is 4.99 Å². The molecular weight excluding hydrogens is 266 g/mol. The Kier molecular flexibility index (Phi) is 8.75. The Morgan fingerprint density at radius 2 is 1.77 bits per heavy atom. The third-order valence-electron chi connectivity index (χ3n) is 5.22. The fourth-order valence-corrected chi connectivity index (χ4v) is 3.81. The summed E-state index contributed by atoms with van der Waals surface area (Å²) in [6.45, 7) is 14.4. The molecule has 0 radical (unpaired) electrons.